The van der Waals surface area contributed by atoms with Gasteiger partial charge >= 0.3 is 0 Å². The second kappa shape index (κ2) is 11.6. The summed E-state index contributed by atoms with van der Waals surface area (Å²) in [7, 11) is 3.29. The first kappa shape index (κ1) is 23.8. The third-order valence-electron chi connectivity index (χ3n) is 4.64. The van der Waals surface area contributed by atoms with Gasteiger partial charge in [-0.3, -0.25) is 0 Å². The molecule has 2 heterocycles. The number of fused-ring (bicyclic) bond motifs is 1. The Kier molecular flexibility index (Phi) is 9.22. The van der Waals surface area contributed by atoms with Gasteiger partial charge in [-0.2, -0.15) is 0 Å². The molecule has 162 valence electrons. The molecule has 1 aromatic carbocycles. The van der Waals surface area contributed by atoms with E-state index < -0.39 is 0 Å². The zero-order chi connectivity index (χ0) is 20.6. The number of aryl methyl sites for hydroxylation is 1. The molecular weight excluding hydrogens is 493 g/mol. The number of hydrogen-bond acceptors (Lipinski definition) is 4. The number of aromatic nitrogens is 2. The number of nitrogens with zero attached hydrogens (tertiary/aromatic N) is 3. The van der Waals surface area contributed by atoms with Crippen molar-refractivity contribution in [3.63, 3.8) is 0 Å². The number of methoxy groups -OCH3 is 2. The number of imidazole rings is 1. The van der Waals surface area contributed by atoms with Crippen molar-refractivity contribution >= 4 is 35.6 Å². The molecule has 3 aromatic rings. The van der Waals surface area contributed by atoms with Gasteiger partial charge in [0.05, 0.1) is 26.5 Å². The van der Waals surface area contributed by atoms with Gasteiger partial charge in [0.2, 0.25) is 0 Å². The maximum Gasteiger partial charge on any atom is 0.191 e. The summed E-state index contributed by atoms with van der Waals surface area (Å²) >= 11 is 0. The maximum absolute atomic E-state index is 5.37. The van der Waals surface area contributed by atoms with Crippen LogP contribution in [-0.4, -0.2) is 42.7 Å². The molecule has 30 heavy (non-hydrogen) atoms. The van der Waals surface area contributed by atoms with Crippen molar-refractivity contribution in [2.75, 3.05) is 27.3 Å². The van der Waals surface area contributed by atoms with E-state index in [1.807, 2.05) is 36.5 Å². The first-order valence-electron chi connectivity index (χ1n) is 9.81. The first-order chi connectivity index (χ1) is 14.1. The summed E-state index contributed by atoms with van der Waals surface area (Å²) in [5, 5.41) is 6.67. The van der Waals surface area contributed by atoms with Crippen molar-refractivity contribution in [1.82, 2.24) is 20.0 Å². The van der Waals surface area contributed by atoms with Crippen molar-refractivity contribution in [2.45, 2.75) is 26.8 Å². The highest BCUT2D eigenvalue weighted by atomic mass is 127. The topological polar surface area (TPSA) is 72.2 Å². The van der Waals surface area contributed by atoms with E-state index in [0.717, 1.165) is 54.0 Å². The van der Waals surface area contributed by atoms with Crippen LogP contribution >= 0.6 is 24.0 Å². The molecule has 3 rings (SSSR count). The van der Waals surface area contributed by atoms with Gasteiger partial charge in [-0.15, -0.1) is 24.0 Å². The van der Waals surface area contributed by atoms with Crippen LogP contribution in [0, 0.1) is 6.92 Å². The van der Waals surface area contributed by atoms with Gasteiger partial charge in [-0.25, -0.2) is 9.98 Å². The molecule has 0 aliphatic heterocycles. The van der Waals surface area contributed by atoms with E-state index in [1.165, 1.54) is 5.56 Å². The van der Waals surface area contributed by atoms with Gasteiger partial charge in [0.25, 0.3) is 0 Å². The molecule has 0 saturated carbocycles. The molecule has 0 aliphatic carbocycles. The molecule has 2 N–H and O–H groups in total. The number of ether oxygens (including phenoxy) is 2. The number of rotatable bonds is 8. The molecule has 0 radical (unpaired) electrons. The fraction of sp³-hybridized carbons (Fsp3) is 0.364. The van der Waals surface area contributed by atoms with Crippen LogP contribution < -0.4 is 20.1 Å². The minimum Gasteiger partial charge on any atom is -0.493 e. The maximum atomic E-state index is 5.37. The standard InChI is InChI=1S/C22H29N5O2.HI/c1-5-23-22(24-12-11-17-9-10-19(28-3)20(13-17)29-4)25-14-18-15-27-16(2)7-6-8-21(27)26-18;/h6-10,13,15H,5,11-12,14H2,1-4H3,(H2,23,24,25);1H. The number of halogens is 1. The lowest BCUT2D eigenvalue weighted by molar-refractivity contribution is 0.354. The number of aliphatic imine (C=N–C) groups is 1. The van der Waals surface area contributed by atoms with Crippen LogP contribution in [0.2, 0.25) is 0 Å². The molecule has 0 amide bonds. The van der Waals surface area contributed by atoms with Gasteiger partial charge in [-0.05, 0) is 50.1 Å². The van der Waals surface area contributed by atoms with E-state index in [2.05, 4.69) is 44.9 Å². The van der Waals surface area contributed by atoms with Crippen molar-refractivity contribution in [1.29, 1.82) is 0 Å². The Labute approximate surface area is 194 Å². The Morgan fingerprint density at radius 2 is 1.90 bits per heavy atom. The molecule has 0 aliphatic rings. The predicted octanol–water partition coefficient (Wildman–Crippen LogP) is 3.58. The molecule has 0 fully saturated rings. The highest BCUT2D eigenvalue weighted by Crippen LogP contribution is 2.27. The van der Waals surface area contributed by atoms with E-state index >= 15 is 0 Å². The number of pyridine rings is 1. The van der Waals surface area contributed by atoms with E-state index in [4.69, 9.17) is 9.47 Å². The quantitative estimate of drug-likeness (QED) is 0.269. The van der Waals surface area contributed by atoms with Crippen LogP contribution in [0.15, 0.2) is 47.6 Å². The second-order valence-corrected chi connectivity index (χ2v) is 6.69. The average Bonchev–Trinajstić information content (AvgIpc) is 3.16. The molecule has 0 spiro atoms. The highest BCUT2D eigenvalue weighted by Gasteiger charge is 2.06. The van der Waals surface area contributed by atoms with Crippen LogP contribution in [0.25, 0.3) is 5.65 Å². The number of hydrogen-bond donors (Lipinski definition) is 2. The Hall–Kier alpha value is -2.49. The van der Waals surface area contributed by atoms with Gasteiger partial charge in [-0.1, -0.05) is 12.1 Å². The minimum atomic E-state index is 0. The third kappa shape index (κ3) is 6.01. The summed E-state index contributed by atoms with van der Waals surface area (Å²) in [4.78, 5) is 9.32. The minimum absolute atomic E-state index is 0. The van der Waals surface area contributed by atoms with Gasteiger partial charge < -0.3 is 24.5 Å². The van der Waals surface area contributed by atoms with E-state index in [-0.39, 0.29) is 24.0 Å². The summed E-state index contributed by atoms with van der Waals surface area (Å²) < 4.78 is 12.8. The molecule has 2 aromatic heterocycles. The van der Waals surface area contributed by atoms with Gasteiger partial charge in [0.1, 0.15) is 5.65 Å². The molecular formula is C22H30IN5O2. The molecule has 0 unspecified atom stereocenters. The molecule has 7 nitrogen and oxygen atoms in total. The summed E-state index contributed by atoms with van der Waals surface area (Å²) in [6.07, 6.45) is 2.89. The van der Waals surface area contributed by atoms with Crippen molar-refractivity contribution in [2.24, 2.45) is 4.99 Å². The van der Waals surface area contributed by atoms with Crippen LogP contribution in [-0.2, 0) is 13.0 Å². The van der Waals surface area contributed by atoms with E-state index in [0.29, 0.717) is 6.54 Å². The Bertz CT molecular complexity index is 987. The fourth-order valence-electron chi connectivity index (χ4n) is 3.14. The summed E-state index contributed by atoms with van der Waals surface area (Å²) in [6, 6.07) is 12.1. The monoisotopic (exact) mass is 523 g/mol. The lowest BCUT2D eigenvalue weighted by Gasteiger charge is -2.12. The summed E-state index contributed by atoms with van der Waals surface area (Å²) in [5.41, 5.74) is 4.21. The largest absolute Gasteiger partial charge is 0.493 e. The number of benzene rings is 1. The van der Waals surface area contributed by atoms with Crippen molar-refractivity contribution < 1.29 is 9.47 Å². The molecule has 0 atom stereocenters. The van der Waals surface area contributed by atoms with Crippen LogP contribution in [0.1, 0.15) is 23.9 Å². The summed E-state index contributed by atoms with van der Waals surface area (Å²) in [5.74, 6) is 2.26. The molecule has 8 heteroatoms. The number of guanidine groups is 1. The van der Waals surface area contributed by atoms with E-state index in [1.54, 1.807) is 14.2 Å². The number of nitrogens with one attached hydrogen (secondary N) is 2. The van der Waals surface area contributed by atoms with Crippen molar-refractivity contribution in [3.8, 4) is 11.5 Å². The second-order valence-electron chi connectivity index (χ2n) is 6.69. The zero-order valence-electron chi connectivity index (χ0n) is 17.9. The van der Waals surface area contributed by atoms with Gasteiger partial charge in [0, 0.05) is 25.0 Å². The predicted molar refractivity (Wildman–Crippen MR) is 131 cm³/mol. The Morgan fingerprint density at radius 3 is 2.60 bits per heavy atom. The van der Waals surface area contributed by atoms with Gasteiger partial charge in [0.15, 0.2) is 17.5 Å². The average molecular weight is 523 g/mol. The Morgan fingerprint density at radius 1 is 1.10 bits per heavy atom. The lowest BCUT2D eigenvalue weighted by Crippen LogP contribution is -2.38. The highest BCUT2D eigenvalue weighted by molar-refractivity contribution is 14.0. The van der Waals surface area contributed by atoms with Crippen LogP contribution in [0.4, 0.5) is 0 Å². The van der Waals surface area contributed by atoms with Crippen LogP contribution in [0.3, 0.4) is 0 Å². The normalized spacial score (nSPS) is 11.1. The van der Waals surface area contributed by atoms with Crippen molar-refractivity contribution in [3.05, 3.63) is 59.5 Å². The smallest absolute Gasteiger partial charge is 0.191 e. The van der Waals surface area contributed by atoms with Crippen LogP contribution in [0.5, 0.6) is 11.5 Å². The third-order valence-corrected chi connectivity index (χ3v) is 4.64. The summed E-state index contributed by atoms with van der Waals surface area (Å²) in [6.45, 7) is 6.20. The fourth-order valence-corrected chi connectivity index (χ4v) is 3.14. The van der Waals surface area contributed by atoms with E-state index in [9.17, 15) is 0 Å². The Balaban J connectivity index is 0.00000320. The molecule has 0 saturated heterocycles. The lowest BCUT2D eigenvalue weighted by atomic mass is 10.1. The molecule has 0 bridgehead atoms. The SMILES string of the molecule is CCNC(=NCc1cn2c(C)cccc2n1)NCCc1ccc(OC)c(OC)c1.I. The first-order valence-corrected chi connectivity index (χ1v) is 9.81. The zero-order valence-corrected chi connectivity index (χ0v) is 20.3.